The Morgan fingerprint density at radius 2 is 2.07 bits per heavy atom. The van der Waals surface area contributed by atoms with Crippen LogP contribution in [-0.2, 0) is 4.74 Å². The SMILES string of the molecule is COCCOc1cc(C)c(N)cc1F. The first-order valence-electron chi connectivity index (χ1n) is 4.32. The van der Waals surface area contributed by atoms with E-state index < -0.39 is 5.82 Å². The summed E-state index contributed by atoms with van der Waals surface area (Å²) in [6, 6.07) is 2.85. The number of nitrogens with two attached hydrogens (primary N) is 1. The van der Waals surface area contributed by atoms with Crippen molar-refractivity contribution in [3.05, 3.63) is 23.5 Å². The standard InChI is InChI=1S/C10H14FNO2/c1-7-5-10(14-4-3-13-2)8(11)6-9(7)12/h5-6H,3-4,12H2,1-2H3. The van der Waals surface area contributed by atoms with Crippen LogP contribution in [-0.4, -0.2) is 20.3 Å². The van der Waals surface area contributed by atoms with Crippen LogP contribution in [0.15, 0.2) is 12.1 Å². The number of benzene rings is 1. The third-order valence-corrected chi connectivity index (χ3v) is 1.87. The Bertz CT molecular complexity index is 315. The molecule has 78 valence electrons. The van der Waals surface area contributed by atoms with Gasteiger partial charge in [-0.2, -0.15) is 0 Å². The number of rotatable bonds is 4. The molecule has 0 aromatic heterocycles. The van der Waals surface area contributed by atoms with Gasteiger partial charge in [-0.25, -0.2) is 4.39 Å². The summed E-state index contributed by atoms with van der Waals surface area (Å²) in [5, 5.41) is 0. The van der Waals surface area contributed by atoms with Crippen LogP contribution in [0.1, 0.15) is 5.56 Å². The van der Waals surface area contributed by atoms with E-state index in [9.17, 15) is 4.39 Å². The first kappa shape index (κ1) is 10.8. The number of ether oxygens (including phenoxy) is 2. The fourth-order valence-corrected chi connectivity index (χ4v) is 1.02. The zero-order valence-corrected chi connectivity index (χ0v) is 8.34. The van der Waals surface area contributed by atoms with Crippen molar-refractivity contribution in [3.63, 3.8) is 0 Å². The molecule has 3 nitrogen and oxygen atoms in total. The molecule has 0 fully saturated rings. The highest BCUT2D eigenvalue weighted by molar-refractivity contribution is 5.50. The molecule has 1 rings (SSSR count). The maximum absolute atomic E-state index is 13.2. The molecule has 0 aliphatic heterocycles. The van der Waals surface area contributed by atoms with Crippen LogP contribution >= 0.6 is 0 Å². The molecule has 0 aliphatic carbocycles. The lowest BCUT2D eigenvalue weighted by Gasteiger charge is -2.08. The third kappa shape index (κ3) is 2.60. The highest BCUT2D eigenvalue weighted by atomic mass is 19.1. The number of hydrogen-bond acceptors (Lipinski definition) is 3. The average molecular weight is 199 g/mol. The third-order valence-electron chi connectivity index (χ3n) is 1.87. The summed E-state index contributed by atoms with van der Waals surface area (Å²) in [6.45, 7) is 2.57. The van der Waals surface area contributed by atoms with Gasteiger partial charge in [0.1, 0.15) is 6.61 Å². The molecule has 0 saturated heterocycles. The molecule has 0 aliphatic rings. The Kier molecular flexibility index (Phi) is 3.71. The van der Waals surface area contributed by atoms with Crippen molar-refractivity contribution in [2.75, 3.05) is 26.1 Å². The molecular weight excluding hydrogens is 185 g/mol. The monoisotopic (exact) mass is 199 g/mol. The predicted octanol–water partition coefficient (Wildman–Crippen LogP) is 1.74. The molecule has 0 saturated carbocycles. The van der Waals surface area contributed by atoms with Crippen LogP contribution in [0.3, 0.4) is 0 Å². The maximum Gasteiger partial charge on any atom is 0.167 e. The van der Waals surface area contributed by atoms with E-state index in [1.54, 1.807) is 20.1 Å². The average Bonchev–Trinajstić information content (AvgIpc) is 2.14. The number of halogens is 1. The second-order valence-corrected chi connectivity index (χ2v) is 2.98. The van der Waals surface area contributed by atoms with Crippen molar-refractivity contribution in [1.29, 1.82) is 0 Å². The van der Waals surface area contributed by atoms with Gasteiger partial charge in [-0.1, -0.05) is 0 Å². The second kappa shape index (κ2) is 4.81. The minimum absolute atomic E-state index is 0.216. The van der Waals surface area contributed by atoms with E-state index in [2.05, 4.69) is 0 Å². The molecule has 14 heavy (non-hydrogen) atoms. The fourth-order valence-electron chi connectivity index (χ4n) is 1.02. The number of anilines is 1. The lowest BCUT2D eigenvalue weighted by atomic mass is 10.2. The van der Waals surface area contributed by atoms with Crippen LogP contribution < -0.4 is 10.5 Å². The highest BCUT2D eigenvalue weighted by Crippen LogP contribution is 2.23. The summed E-state index contributed by atoms with van der Waals surface area (Å²) < 4.78 is 23.2. The highest BCUT2D eigenvalue weighted by Gasteiger charge is 2.05. The van der Waals surface area contributed by atoms with Crippen LogP contribution in [0.25, 0.3) is 0 Å². The summed E-state index contributed by atoms with van der Waals surface area (Å²) >= 11 is 0. The van der Waals surface area contributed by atoms with Gasteiger partial charge in [0.2, 0.25) is 0 Å². The quantitative estimate of drug-likeness (QED) is 0.593. The van der Waals surface area contributed by atoms with E-state index in [4.69, 9.17) is 15.2 Å². The Hall–Kier alpha value is -1.29. The van der Waals surface area contributed by atoms with Crippen molar-refractivity contribution in [1.82, 2.24) is 0 Å². The zero-order valence-electron chi connectivity index (χ0n) is 8.34. The molecule has 4 heteroatoms. The first-order valence-corrected chi connectivity index (χ1v) is 4.32. The van der Waals surface area contributed by atoms with Crippen LogP contribution in [0.5, 0.6) is 5.75 Å². The smallest absolute Gasteiger partial charge is 0.167 e. The van der Waals surface area contributed by atoms with E-state index in [1.165, 1.54) is 6.07 Å². The Balaban J connectivity index is 2.72. The van der Waals surface area contributed by atoms with Gasteiger partial charge in [-0.15, -0.1) is 0 Å². The molecule has 0 amide bonds. The molecule has 0 radical (unpaired) electrons. The van der Waals surface area contributed by atoms with Gasteiger partial charge in [0.25, 0.3) is 0 Å². The van der Waals surface area contributed by atoms with E-state index in [1.807, 2.05) is 0 Å². The molecule has 0 heterocycles. The van der Waals surface area contributed by atoms with E-state index in [0.29, 0.717) is 18.9 Å². The number of nitrogen functional groups attached to an aromatic ring is 1. The van der Waals surface area contributed by atoms with E-state index in [0.717, 1.165) is 5.56 Å². The van der Waals surface area contributed by atoms with Crippen LogP contribution in [0.2, 0.25) is 0 Å². The number of methoxy groups -OCH3 is 1. The molecule has 1 aromatic carbocycles. The molecule has 0 unspecified atom stereocenters. The minimum atomic E-state index is -0.441. The molecular formula is C10H14FNO2. The maximum atomic E-state index is 13.2. The Morgan fingerprint density at radius 3 is 2.71 bits per heavy atom. The molecule has 0 bridgehead atoms. The van der Waals surface area contributed by atoms with Gasteiger partial charge in [0.15, 0.2) is 11.6 Å². The second-order valence-electron chi connectivity index (χ2n) is 2.98. The van der Waals surface area contributed by atoms with Gasteiger partial charge in [-0.05, 0) is 18.6 Å². The van der Waals surface area contributed by atoms with Crippen LogP contribution in [0.4, 0.5) is 10.1 Å². The van der Waals surface area contributed by atoms with Crippen molar-refractivity contribution in [2.24, 2.45) is 0 Å². The summed E-state index contributed by atoms with van der Waals surface area (Å²) in [5.41, 5.74) is 6.76. The molecule has 0 spiro atoms. The van der Waals surface area contributed by atoms with Gasteiger partial charge in [-0.3, -0.25) is 0 Å². The molecule has 2 N–H and O–H groups in total. The van der Waals surface area contributed by atoms with Crippen molar-refractivity contribution < 1.29 is 13.9 Å². The normalized spacial score (nSPS) is 10.2. The van der Waals surface area contributed by atoms with Gasteiger partial charge in [0, 0.05) is 18.9 Å². The topological polar surface area (TPSA) is 44.5 Å². The van der Waals surface area contributed by atoms with Crippen molar-refractivity contribution in [3.8, 4) is 5.75 Å². The zero-order chi connectivity index (χ0) is 10.6. The summed E-state index contributed by atoms with van der Waals surface area (Å²) in [4.78, 5) is 0. The van der Waals surface area contributed by atoms with Crippen molar-refractivity contribution >= 4 is 5.69 Å². The summed E-state index contributed by atoms with van der Waals surface area (Å²) in [6.07, 6.45) is 0. The fraction of sp³-hybridized carbons (Fsp3) is 0.400. The molecule has 0 atom stereocenters. The summed E-state index contributed by atoms with van der Waals surface area (Å²) in [7, 11) is 1.56. The Labute approximate surface area is 82.6 Å². The first-order chi connectivity index (χ1) is 6.65. The van der Waals surface area contributed by atoms with Crippen LogP contribution in [0, 0.1) is 12.7 Å². The van der Waals surface area contributed by atoms with Gasteiger partial charge in [0.05, 0.1) is 6.61 Å². The predicted molar refractivity (Wildman–Crippen MR) is 52.9 cm³/mol. The lowest BCUT2D eigenvalue weighted by molar-refractivity contribution is 0.144. The lowest BCUT2D eigenvalue weighted by Crippen LogP contribution is -2.06. The van der Waals surface area contributed by atoms with E-state index >= 15 is 0 Å². The summed E-state index contributed by atoms with van der Waals surface area (Å²) in [5.74, 6) is -0.224. The van der Waals surface area contributed by atoms with Gasteiger partial charge < -0.3 is 15.2 Å². The number of hydrogen-bond donors (Lipinski definition) is 1. The van der Waals surface area contributed by atoms with E-state index in [-0.39, 0.29) is 5.75 Å². The number of aryl methyl sites for hydroxylation is 1. The molecule has 1 aromatic rings. The Morgan fingerprint density at radius 1 is 1.36 bits per heavy atom. The van der Waals surface area contributed by atoms with Crippen molar-refractivity contribution in [2.45, 2.75) is 6.92 Å². The van der Waals surface area contributed by atoms with Gasteiger partial charge >= 0.3 is 0 Å². The largest absolute Gasteiger partial charge is 0.488 e. The minimum Gasteiger partial charge on any atom is -0.488 e.